The van der Waals surface area contributed by atoms with E-state index in [1.807, 2.05) is 0 Å². The molecule has 0 fully saturated rings. The maximum Gasteiger partial charge on any atom is 0.277 e. The molecule has 0 N–H and O–H groups in total. The van der Waals surface area contributed by atoms with E-state index in [2.05, 4.69) is 9.97 Å². The van der Waals surface area contributed by atoms with E-state index in [-0.39, 0.29) is 11.6 Å². The van der Waals surface area contributed by atoms with Gasteiger partial charge in [0, 0.05) is 11.5 Å². The molecule has 104 valence electrons. The van der Waals surface area contributed by atoms with Crippen LogP contribution in [0.2, 0.25) is 0 Å². The van der Waals surface area contributed by atoms with Gasteiger partial charge in [-0.2, -0.15) is 4.39 Å². The van der Waals surface area contributed by atoms with Crippen LogP contribution in [-0.2, 0) is 0 Å². The second-order valence-electron chi connectivity index (χ2n) is 4.17. The minimum absolute atomic E-state index is 0.0215. The summed E-state index contributed by atoms with van der Waals surface area (Å²) in [6.07, 6.45) is 1.04. The molecule has 0 aliphatic rings. The smallest absolute Gasteiger partial charge is 0.277 e. The number of aromatic nitrogens is 2. The van der Waals surface area contributed by atoms with E-state index >= 15 is 0 Å². The molecule has 0 unspecified atom stereocenters. The van der Waals surface area contributed by atoms with Crippen molar-refractivity contribution in [1.29, 1.82) is 0 Å². The number of halogens is 1. The van der Waals surface area contributed by atoms with Gasteiger partial charge < -0.3 is 4.74 Å². The lowest BCUT2D eigenvalue weighted by molar-refractivity contribution is -0.383. The zero-order valence-electron chi connectivity index (χ0n) is 10.6. The summed E-state index contributed by atoms with van der Waals surface area (Å²) in [6.45, 7) is 0. The van der Waals surface area contributed by atoms with E-state index in [4.69, 9.17) is 4.74 Å². The number of ether oxygens (including phenoxy) is 1. The lowest BCUT2D eigenvalue weighted by Gasteiger charge is -2.08. The largest absolute Gasteiger partial charge is 0.438 e. The average Bonchev–Trinajstić information content (AvgIpc) is 2.47. The quantitative estimate of drug-likeness (QED) is 0.418. The fourth-order valence-electron chi connectivity index (χ4n) is 1.99. The summed E-state index contributed by atoms with van der Waals surface area (Å²) in [5.74, 6) is -0.331. The standard InChI is InChI=1S/C14H8FN3O3/c15-13-7-14(17-8-16-13)21-12-6-5-11(18(19)20)9-3-1-2-4-10(9)12/h1-8H. The highest BCUT2D eigenvalue weighted by Gasteiger charge is 2.15. The number of benzene rings is 2. The first-order chi connectivity index (χ1) is 10.1. The van der Waals surface area contributed by atoms with E-state index in [0.29, 0.717) is 16.5 Å². The molecule has 0 spiro atoms. The summed E-state index contributed by atoms with van der Waals surface area (Å²) in [5, 5.41) is 12.0. The molecule has 1 heterocycles. The van der Waals surface area contributed by atoms with Crippen molar-refractivity contribution in [3.63, 3.8) is 0 Å². The van der Waals surface area contributed by atoms with Gasteiger partial charge in [-0.3, -0.25) is 10.1 Å². The van der Waals surface area contributed by atoms with Gasteiger partial charge in [0.05, 0.1) is 16.4 Å². The lowest BCUT2D eigenvalue weighted by atomic mass is 10.1. The van der Waals surface area contributed by atoms with Crippen molar-refractivity contribution in [3.05, 3.63) is 64.9 Å². The molecule has 0 aliphatic heterocycles. The monoisotopic (exact) mass is 285 g/mol. The predicted molar refractivity (Wildman–Crippen MR) is 72.7 cm³/mol. The second kappa shape index (κ2) is 5.12. The van der Waals surface area contributed by atoms with Crippen molar-refractivity contribution in [3.8, 4) is 11.6 Å². The minimum Gasteiger partial charge on any atom is -0.438 e. The molecule has 0 atom stereocenters. The van der Waals surface area contributed by atoms with Crippen LogP contribution in [0.1, 0.15) is 0 Å². The minimum atomic E-state index is -0.716. The van der Waals surface area contributed by atoms with Crippen molar-refractivity contribution in [2.24, 2.45) is 0 Å². The molecule has 0 radical (unpaired) electrons. The number of nitrogens with zero attached hydrogens (tertiary/aromatic N) is 3. The van der Waals surface area contributed by atoms with Gasteiger partial charge in [0.25, 0.3) is 5.69 Å². The molecular weight excluding hydrogens is 277 g/mol. The van der Waals surface area contributed by atoms with E-state index in [1.54, 1.807) is 24.3 Å². The van der Waals surface area contributed by atoms with E-state index in [0.717, 1.165) is 12.4 Å². The highest BCUT2D eigenvalue weighted by molar-refractivity contribution is 5.95. The van der Waals surface area contributed by atoms with Crippen LogP contribution in [0.15, 0.2) is 48.8 Å². The molecule has 0 saturated heterocycles. The van der Waals surface area contributed by atoms with Gasteiger partial charge in [-0.15, -0.1) is 0 Å². The molecule has 3 aromatic rings. The Labute approximate surface area is 118 Å². The molecule has 21 heavy (non-hydrogen) atoms. The normalized spacial score (nSPS) is 10.5. The van der Waals surface area contributed by atoms with Crippen LogP contribution in [0.4, 0.5) is 10.1 Å². The first kappa shape index (κ1) is 12.9. The zero-order chi connectivity index (χ0) is 14.8. The second-order valence-corrected chi connectivity index (χ2v) is 4.17. The van der Waals surface area contributed by atoms with Crippen LogP contribution in [0, 0.1) is 16.1 Å². The molecular formula is C14H8FN3O3. The Morgan fingerprint density at radius 3 is 2.57 bits per heavy atom. The van der Waals surface area contributed by atoms with Crippen molar-refractivity contribution >= 4 is 16.5 Å². The number of hydrogen-bond acceptors (Lipinski definition) is 5. The first-order valence-corrected chi connectivity index (χ1v) is 5.96. The Hall–Kier alpha value is -3.09. The van der Waals surface area contributed by atoms with Crippen LogP contribution in [0.5, 0.6) is 11.6 Å². The summed E-state index contributed by atoms with van der Waals surface area (Å²) in [7, 11) is 0. The number of nitro groups is 1. The van der Waals surface area contributed by atoms with Crippen LogP contribution in [0.25, 0.3) is 10.8 Å². The van der Waals surface area contributed by atoms with Gasteiger partial charge in [-0.05, 0) is 12.1 Å². The van der Waals surface area contributed by atoms with Crippen LogP contribution >= 0.6 is 0 Å². The zero-order valence-corrected chi connectivity index (χ0v) is 10.6. The third-order valence-corrected chi connectivity index (χ3v) is 2.88. The highest BCUT2D eigenvalue weighted by atomic mass is 19.1. The van der Waals surface area contributed by atoms with Gasteiger partial charge in [-0.25, -0.2) is 9.97 Å². The fraction of sp³-hybridized carbons (Fsp3) is 0. The van der Waals surface area contributed by atoms with Crippen LogP contribution in [0.3, 0.4) is 0 Å². The molecule has 0 saturated carbocycles. The predicted octanol–water partition coefficient (Wildman–Crippen LogP) is 3.47. The van der Waals surface area contributed by atoms with Gasteiger partial charge in [0.2, 0.25) is 11.8 Å². The molecule has 0 amide bonds. The van der Waals surface area contributed by atoms with Crippen molar-refractivity contribution in [2.75, 3.05) is 0 Å². The van der Waals surface area contributed by atoms with Gasteiger partial charge >= 0.3 is 0 Å². The summed E-state index contributed by atoms with van der Waals surface area (Å²) in [4.78, 5) is 17.7. The number of hydrogen-bond donors (Lipinski definition) is 0. The van der Waals surface area contributed by atoms with Crippen LogP contribution in [-0.4, -0.2) is 14.9 Å². The first-order valence-electron chi connectivity index (χ1n) is 5.96. The van der Waals surface area contributed by atoms with E-state index in [1.165, 1.54) is 12.1 Å². The van der Waals surface area contributed by atoms with Crippen molar-refractivity contribution in [2.45, 2.75) is 0 Å². The third kappa shape index (κ3) is 2.48. The van der Waals surface area contributed by atoms with Crippen LogP contribution < -0.4 is 4.74 Å². The van der Waals surface area contributed by atoms with Gasteiger partial charge in [0.1, 0.15) is 12.1 Å². The SMILES string of the molecule is O=[N+]([O-])c1ccc(Oc2cc(F)ncn2)c2ccccc12. The number of nitro benzene ring substituents is 1. The van der Waals surface area contributed by atoms with E-state index < -0.39 is 10.9 Å². The summed E-state index contributed by atoms with van der Waals surface area (Å²) in [6, 6.07) is 10.6. The Kier molecular flexibility index (Phi) is 3.15. The maximum atomic E-state index is 13.0. The average molecular weight is 285 g/mol. The van der Waals surface area contributed by atoms with Crippen molar-refractivity contribution in [1.82, 2.24) is 9.97 Å². The molecule has 0 aliphatic carbocycles. The molecule has 3 rings (SSSR count). The summed E-state index contributed by atoms with van der Waals surface area (Å²) < 4.78 is 18.5. The van der Waals surface area contributed by atoms with Crippen molar-refractivity contribution < 1.29 is 14.1 Å². The number of non-ortho nitro benzene ring substituents is 1. The molecule has 7 heteroatoms. The molecule has 0 bridgehead atoms. The topological polar surface area (TPSA) is 78.2 Å². The molecule has 2 aromatic carbocycles. The maximum absolute atomic E-state index is 13.0. The lowest BCUT2D eigenvalue weighted by Crippen LogP contribution is -1.94. The Morgan fingerprint density at radius 2 is 1.86 bits per heavy atom. The van der Waals surface area contributed by atoms with E-state index in [9.17, 15) is 14.5 Å². The summed E-state index contributed by atoms with van der Waals surface area (Å²) in [5.41, 5.74) is -0.0215. The summed E-state index contributed by atoms with van der Waals surface area (Å²) >= 11 is 0. The third-order valence-electron chi connectivity index (χ3n) is 2.88. The number of rotatable bonds is 3. The Morgan fingerprint density at radius 1 is 1.10 bits per heavy atom. The Bertz CT molecular complexity index is 839. The number of fused-ring (bicyclic) bond motifs is 1. The molecule has 6 nitrogen and oxygen atoms in total. The van der Waals surface area contributed by atoms with Gasteiger partial charge in [0.15, 0.2) is 0 Å². The fourth-order valence-corrected chi connectivity index (χ4v) is 1.99. The Balaban J connectivity index is 2.12. The highest BCUT2D eigenvalue weighted by Crippen LogP contribution is 2.34. The van der Waals surface area contributed by atoms with Gasteiger partial charge in [-0.1, -0.05) is 18.2 Å². The molecule has 1 aromatic heterocycles.